The van der Waals surface area contributed by atoms with Crippen LogP contribution in [0.3, 0.4) is 0 Å². The molecule has 4 aromatic rings. The van der Waals surface area contributed by atoms with Crippen LogP contribution in [0, 0.1) is 0 Å². The Morgan fingerprint density at radius 1 is 1.00 bits per heavy atom. The maximum Gasteiger partial charge on any atom is 0.224 e. The lowest BCUT2D eigenvalue weighted by atomic mass is 9.81. The molecule has 176 valence electrons. The van der Waals surface area contributed by atoms with Crippen LogP contribution in [0.25, 0.3) is 33.7 Å². The molecule has 0 saturated heterocycles. The zero-order valence-electron chi connectivity index (χ0n) is 22.8. The molecule has 1 unspecified atom stereocenters. The van der Waals surface area contributed by atoms with Crippen molar-refractivity contribution in [3.8, 4) is 17.0 Å². The van der Waals surface area contributed by atoms with Crippen molar-refractivity contribution in [1.82, 2.24) is 0 Å². The molecule has 6 rings (SSSR count). The highest BCUT2D eigenvalue weighted by Crippen LogP contribution is 2.57. The summed E-state index contributed by atoms with van der Waals surface area (Å²) in [6.07, 6.45) is 2.10. The minimum atomic E-state index is -1.42. The number of aryl methyl sites for hydroxylation is 1. The van der Waals surface area contributed by atoms with Crippen LogP contribution in [0.2, 0.25) is 19.6 Å². The number of ether oxygens (including phenoxy) is 1. The summed E-state index contributed by atoms with van der Waals surface area (Å²) in [5, 5.41) is 3.89. The number of pyridine rings is 1. The summed E-state index contributed by atoms with van der Waals surface area (Å²) in [4.78, 5) is 0. The van der Waals surface area contributed by atoms with Crippen molar-refractivity contribution in [3.05, 3.63) is 89.1 Å². The monoisotopic (exact) mass is 477 g/mol. The van der Waals surface area contributed by atoms with Crippen LogP contribution in [0.15, 0.2) is 66.9 Å². The highest BCUT2D eigenvalue weighted by atomic mass is 28.3. The van der Waals surface area contributed by atoms with Gasteiger partial charge in [-0.15, -0.1) is 0 Å². The van der Waals surface area contributed by atoms with Crippen molar-refractivity contribution in [2.75, 3.05) is 0 Å². The number of rotatable bonds is 3. The fourth-order valence-corrected chi connectivity index (χ4v) is 7.11. The molecule has 0 fully saturated rings. The van der Waals surface area contributed by atoms with Crippen LogP contribution in [0.4, 0.5) is 0 Å². The summed E-state index contributed by atoms with van der Waals surface area (Å²) in [6.45, 7) is 13.8. The summed E-state index contributed by atoms with van der Waals surface area (Å²) in [7, 11) is 0.694. The van der Waals surface area contributed by atoms with Gasteiger partial charge in [0.05, 0.1) is 20.6 Å². The van der Waals surface area contributed by atoms with Gasteiger partial charge < -0.3 is 4.74 Å². The molecule has 1 aromatic heterocycles. The molecule has 2 aliphatic rings. The van der Waals surface area contributed by atoms with Gasteiger partial charge in [0.15, 0.2) is 11.8 Å². The van der Waals surface area contributed by atoms with E-state index in [2.05, 4.69) is 119 Å². The molecule has 1 aliphatic heterocycles. The summed E-state index contributed by atoms with van der Waals surface area (Å²) in [5.74, 6) is 1.25. The lowest BCUT2D eigenvalue weighted by Gasteiger charge is -2.37. The zero-order valence-corrected chi connectivity index (χ0v) is 22.8. The van der Waals surface area contributed by atoms with Crippen LogP contribution >= 0.6 is 0 Å². The van der Waals surface area contributed by atoms with Gasteiger partial charge in [-0.2, -0.15) is 0 Å². The van der Waals surface area contributed by atoms with Crippen LogP contribution in [0.1, 0.15) is 50.3 Å². The van der Waals surface area contributed by atoms with Gasteiger partial charge in [-0.3, -0.25) is 0 Å². The average molecular weight is 478 g/mol. The molecule has 3 heteroatoms. The minimum Gasteiger partial charge on any atom is -0.477 e. The Morgan fingerprint density at radius 2 is 1.71 bits per heavy atom. The first-order chi connectivity index (χ1) is 17.0. The van der Waals surface area contributed by atoms with Gasteiger partial charge >= 0.3 is 0 Å². The first kappa shape index (κ1) is 21.1. The molecule has 0 N–H and O–H groups in total. The Kier molecular flexibility index (Phi) is 4.48. The predicted molar refractivity (Wildman–Crippen MR) is 150 cm³/mol. The van der Waals surface area contributed by atoms with Crippen LogP contribution < -0.4 is 14.5 Å². The van der Waals surface area contributed by atoms with Gasteiger partial charge in [0.2, 0.25) is 5.69 Å². The van der Waals surface area contributed by atoms with Crippen molar-refractivity contribution >= 4 is 35.7 Å². The van der Waals surface area contributed by atoms with E-state index in [1.807, 2.05) is 0 Å². The minimum absolute atomic E-state index is 0.295. The van der Waals surface area contributed by atoms with Crippen molar-refractivity contribution in [2.24, 2.45) is 7.05 Å². The molecular weight excluding hydrogens is 442 g/mol. The average Bonchev–Trinajstić information content (AvgIpc) is 3.04. The summed E-state index contributed by atoms with van der Waals surface area (Å²) >= 11 is 0. The maximum atomic E-state index is 9.33. The van der Waals surface area contributed by atoms with E-state index in [0.717, 1.165) is 39.3 Å². The second-order valence-electron chi connectivity index (χ2n) is 11.6. The van der Waals surface area contributed by atoms with E-state index < -0.39 is 13.7 Å². The largest absolute Gasteiger partial charge is 0.477 e. The van der Waals surface area contributed by atoms with E-state index in [4.69, 9.17) is 4.74 Å². The smallest absolute Gasteiger partial charge is 0.224 e. The molecule has 1 aliphatic carbocycles. The molecule has 0 saturated carbocycles. The number of benzene rings is 3. The Hall–Kier alpha value is -3.17. The quantitative estimate of drug-likeness (QED) is 0.225. The van der Waals surface area contributed by atoms with Crippen LogP contribution in [0.5, 0.6) is 5.75 Å². The fraction of sp³-hybridized carbons (Fsp3) is 0.281. The van der Waals surface area contributed by atoms with Gasteiger partial charge in [-0.05, 0) is 46.9 Å². The molecule has 1 atom stereocenters. The molecule has 0 amide bonds. The second kappa shape index (κ2) is 7.41. The Morgan fingerprint density at radius 3 is 2.40 bits per heavy atom. The van der Waals surface area contributed by atoms with Crippen molar-refractivity contribution in [1.29, 1.82) is 0 Å². The van der Waals surface area contributed by atoms with E-state index in [1.165, 1.54) is 21.5 Å². The Bertz CT molecular complexity index is 1590. The first-order valence-corrected chi connectivity index (χ1v) is 16.1. The summed E-state index contributed by atoms with van der Waals surface area (Å²) in [6, 6.07) is 22.5. The number of hydrogen-bond acceptors (Lipinski definition) is 1. The molecule has 0 bridgehead atoms. The SMILES string of the molecule is [2H]C1=C(c2ccc([Si](C)(C)C)cc2)C2(C)Oc3c(cc4ccccc4c3C(C)C)-c3c2c1cc[n+]3C. The van der Waals surface area contributed by atoms with Gasteiger partial charge in [-0.25, -0.2) is 4.57 Å². The Balaban J connectivity index is 1.65. The molecule has 0 spiro atoms. The van der Waals surface area contributed by atoms with Crippen molar-refractivity contribution < 1.29 is 10.7 Å². The van der Waals surface area contributed by atoms with E-state index in [1.54, 1.807) is 0 Å². The van der Waals surface area contributed by atoms with Gasteiger partial charge in [0, 0.05) is 17.2 Å². The standard InChI is InChI=1S/C32H34NOSi/c1-20(2)28-25-11-9-8-10-22(25)18-26-30-29-23(16-17-33(30)4)19-27(32(29,3)34-31(26)28)21-12-14-24(15-13-21)35(5,6)7/h8-20H,1-7H3/q+1/i19D. The molecule has 0 radical (unpaired) electrons. The van der Waals surface area contributed by atoms with Crippen LogP contribution in [-0.4, -0.2) is 8.07 Å². The van der Waals surface area contributed by atoms with E-state index >= 15 is 0 Å². The molecule has 2 nitrogen and oxygen atoms in total. The van der Waals surface area contributed by atoms with Gasteiger partial charge in [-0.1, -0.05) is 87.2 Å². The third kappa shape index (κ3) is 3.17. The summed E-state index contributed by atoms with van der Waals surface area (Å²) in [5.41, 5.74) is 6.90. The third-order valence-corrected chi connectivity index (χ3v) is 9.82. The maximum absolute atomic E-state index is 9.33. The molecule has 3 aromatic carbocycles. The summed E-state index contributed by atoms with van der Waals surface area (Å²) < 4.78 is 18.7. The van der Waals surface area contributed by atoms with Gasteiger partial charge in [0.25, 0.3) is 0 Å². The molecule has 2 heterocycles. The highest BCUT2D eigenvalue weighted by Gasteiger charge is 2.50. The predicted octanol–water partition coefficient (Wildman–Crippen LogP) is 7.16. The highest BCUT2D eigenvalue weighted by molar-refractivity contribution is 6.88. The third-order valence-electron chi connectivity index (χ3n) is 7.76. The van der Waals surface area contributed by atoms with E-state index in [-0.39, 0.29) is 0 Å². The topological polar surface area (TPSA) is 13.1 Å². The zero-order chi connectivity index (χ0) is 25.6. The van der Waals surface area contributed by atoms with Crippen molar-refractivity contribution in [3.63, 3.8) is 0 Å². The number of aromatic nitrogens is 1. The normalized spacial score (nSPS) is 19.0. The first-order valence-electron chi connectivity index (χ1n) is 13.1. The number of fused-ring (bicyclic) bond motifs is 3. The molecule has 35 heavy (non-hydrogen) atoms. The fourth-order valence-electron chi connectivity index (χ4n) is 5.95. The lowest BCUT2D eigenvalue weighted by molar-refractivity contribution is -0.661. The number of hydrogen-bond donors (Lipinski definition) is 0. The van der Waals surface area contributed by atoms with E-state index in [9.17, 15) is 1.37 Å². The number of nitrogens with zero attached hydrogens (tertiary/aromatic N) is 1. The van der Waals surface area contributed by atoms with Gasteiger partial charge in [0.1, 0.15) is 12.8 Å². The van der Waals surface area contributed by atoms with Crippen LogP contribution in [-0.2, 0) is 12.6 Å². The second-order valence-corrected chi connectivity index (χ2v) is 16.6. The van der Waals surface area contributed by atoms with E-state index in [0.29, 0.717) is 12.0 Å². The Labute approximate surface area is 211 Å². The van der Waals surface area contributed by atoms with Crippen molar-refractivity contribution in [2.45, 2.75) is 51.9 Å². The molecular formula is C32H34NOSi+. The lowest BCUT2D eigenvalue weighted by Crippen LogP contribution is -2.41.